The number of ether oxygens (including phenoxy) is 1. The molecule has 8 nitrogen and oxygen atoms in total. The van der Waals surface area contributed by atoms with Gasteiger partial charge in [0.05, 0.1) is 16.5 Å². The van der Waals surface area contributed by atoms with Crippen LogP contribution in [0.5, 0.6) is 5.75 Å². The van der Waals surface area contributed by atoms with Crippen LogP contribution in [0.4, 0.5) is 0 Å². The molecule has 2 aromatic rings. The minimum atomic E-state index is -3.85. The molecule has 0 heterocycles. The summed E-state index contributed by atoms with van der Waals surface area (Å²) < 4.78 is 31.5. The van der Waals surface area contributed by atoms with Crippen molar-refractivity contribution in [2.45, 2.75) is 4.90 Å². The van der Waals surface area contributed by atoms with Crippen LogP contribution in [0.3, 0.4) is 0 Å². The molecular formula is C18H16ClN3O5S. The average Bonchev–Trinajstić information content (AvgIpc) is 2.70. The summed E-state index contributed by atoms with van der Waals surface area (Å²) in [7, 11) is -3.85. The SMILES string of the molecule is C#CCNS(=O)(=O)c1cccc(C(=O)NNC(=O)COc2ccccc2Cl)c1. The lowest BCUT2D eigenvalue weighted by Crippen LogP contribution is -2.43. The first-order chi connectivity index (χ1) is 13.3. The Morgan fingerprint density at radius 2 is 1.86 bits per heavy atom. The van der Waals surface area contributed by atoms with Gasteiger partial charge < -0.3 is 4.74 Å². The number of hydrogen-bond donors (Lipinski definition) is 3. The van der Waals surface area contributed by atoms with Crippen LogP contribution in [-0.4, -0.2) is 33.4 Å². The molecule has 0 radical (unpaired) electrons. The van der Waals surface area contributed by atoms with Crippen molar-refractivity contribution in [2.75, 3.05) is 13.2 Å². The quantitative estimate of drug-likeness (QED) is 0.457. The Hall–Kier alpha value is -3.06. The summed E-state index contributed by atoms with van der Waals surface area (Å²) in [4.78, 5) is 23.8. The number of carbonyl (C=O) groups is 2. The largest absolute Gasteiger partial charge is 0.482 e. The van der Waals surface area contributed by atoms with E-state index in [0.29, 0.717) is 10.8 Å². The van der Waals surface area contributed by atoms with Crippen LogP contribution >= 0.6 is 11.6 Å². The predicted octanol–water partition coefficient (Wildman–Crippen LogP) is 1.09. The molecule has 0 bridgehead atoms. The molecule has 0 aliphatic carbocycles. The molecule has 28 heavy (non-hydrogen) atoms. The maximum absolute atomic E-state index is 12.1. The van der Waals surface area contributed by atoms with Crippen LogP contribution in [0, 0.1) is 12.3 Å². The maximum atomic E-state index is 12.1. The van der Waals surface area contributed by atoms with Gasteiger partial charge in [0.25, 0.3) is 11.8 Å². The van der Waals surface area contributed by atoms with E-state index in [9.17, 15) is 18.0 Å². The molecule has 10 heteroatoms. The molecule has 0 unspecified atom stereocenters. The number of para-hydroxylation sites is 1. The molecule has 2 rings (SSSR count). The van der Waals surface area contributed by atoms with Crippen LogP contribution in [-0.2, 0) is 14.8 Å². The standard InChI is InChI=1S/C18H16ClN3O5S/c1-2-10-20-28(25,26)14-7-5-6-13(11-14)18(24)22-21-17(23)12-27-16-9-4-3-8-15(16)19/h1,3-9,11,20H,10,12H2,(H,21,23)(H,22,24). The van der Waals surface area contributed by atoms with Gasteiger partial charge in [-0.15, -0.1) is 6.42 Å². The second-order valence-electron chi connectivity index (χ2n) is 5.28. The Kier molecular flexibility index (Phi) is 7.40. The summed E-state index contributed by atoms with van der Waals surface area (Å²) in [6.07, 6.45) is 5.03. The molecule has 0 aromatic heterocycles. The maximum Gasteiger partial charge on any atom is 0.276 e. The van der Waals surface area contributed by atoms with E-state index in [1.54, 1.807) is 24.3 Å². The van der Waals surface area contributed by atoms with Crippen LogP contribution in [0.2, 0.25) is 5.02 Å². The van der Waals surface area contributed by atoms with Crippen molar-refractivity contribution in [1.29, 1.82) is 0 Å². The molecule has 2 amide bonds. The number of benzene rings is 2. The van der Waals surface area contributed by atoms with Crippen LogP contribution < -0.4 is 20.3 Å². The zero-order chi connectivity index (χ0) is 20.6. The number of nitrogens with one attached hydrogen (secondary N) is 3. The zero-order valence-electron chi connectivity index (χ0n) is 14.4. The summed E-state index contributed by atoms with van der Waals surface area (Å²) in [5, 5.41) is 0.343. The first-order valence-corrected chi connectivity index (χ1v) is 9.69. The van der Waals surface area contributed by atoms with Crippen molar-refractivity contribution in [3.63, 3.8) is 0 Å². The number of rotatable bonds is 7. The fraction of sp³-hybridized carbons (Fsp3) is 0.111. The van der Waals surface area contributed by atoms with Gasteiger partial charge in [0, 0.05) is 5.56 Å². The molecule has 146 valence electrons. The van der Waals surface area contributed by atoms with E-state index in [1.165, 1.54) is 18.2 Å². The summed E-state index contributed by atoms with van der Waals surface area (Å²) in [5.41, 5.74) is 4.36. The smallest absolute Gasteiger partial charge is 0.276 e. The minimum Gasteiger partial charge on any atom is -0.482 e. The first kappa shape index (κ1) is 21.2. The Balaban J connectivity index is 1.92. The Morgan fingerprint density at radius 1 is 1.11 bits per heavy atom. The minimum absolute atomic E-state index is 0.0240. The lowest BCUT2D eigenvalue weighted by molar-refractivity contribution is -0.123. The van der Waals surface area contributed by atoms with E-state index in [2.05, 4.69) is 21.5 Å². The number of terminal acetylenes is 1. The number of halogens is 1. The fourth-order valence-corrected chi connectivity index (χ4v) is 3.13. The van der Waals surface area contributed by atoms with Crippen molar-refractivity contribution >= 4 is 33.4 Å². The van der Waals surface area contributed by atoms with E-state index < -0.39 is 21.8 Å². The molecule has 0 saturated heterocycles. The number of carbonyl (C=O) groups excluding carboxylic acids is 2. The zero-order valence-corrected chi connectivity index (χ0v) is 16.0. The first-order valence-electron chi connectivity index (χ1n) is 7.83. The van der Waals surface area contributed by atoms with Gasteiger partial charge in [0.2, 0.25) is 10.0 Å². The van der Waals surface area contributed by atoms with E-state index in [0.717, 1.165) is 6.07 Å². The van der Waals surface area contributed by atoms with Gasteiger partial charge in [0.15, 0.2) is 6.61 Å². The van der Waals surface area contributed by atoms with Crippen LogP contribution in [0.25, 0.3) is 0 Å². The van der Waals surface area contributed by atoms with Gasteiger partial charge in [-0.2, -0.15) is 4.72 Å². The number of hydrogen-bond acceptors (Lipinski definition) is 5. The van der Waals surface area contributed by atoms with Crippen molar-refractivity contribution < 1.29 is 22.7 Å². The molecule has 0 saturated carbocycles. The topological polar surface area (TPSA) is 114 Å². The molecule has 2 aromatic carbocycles. The third-order valence-corrected chi connectivity index (χ3v) is 4.99. The molecule has 0 aliphatic heterocycles. The highest BCUT2D eigenvalue weighted by Crippen LogP contribution is 2.22. The number of sulfonamides is 1. The third kappa shape index (κ3) is 5.99. The predicted molar refractivity (Wildman–Crippen MR) is 103 cm³/mol. The van der Waals surface area contributed by atoms with E-state index in [1.807, 2.05) is 0 Å². The van der Waals surface area contributed by atoms with Crippen LogP contribution in [0.1, 0.15) is 10.4 Å². The van der Waals surface area contributed by atoms with Gasteiger partial charge in [-0.1, -0.05) is 35.7 Å². The Bertz CT molecular complexity index is 1020. The summed E-state index contributed by atoms with van der Waals surface area (Å²) >= 11 is 5.91. The number of hydrazine groups is 1. The van der Waals surface area contributed by atoms with E-state index in [-0.39, 0.29) is 23.6 Å². The molecular weight excluding hydrogens is 406 g/mol. The average molecular weight is 422 g/mol. The van der Waals surface area contributed by atoms with Gasteiger partial charge in [-0.05, 0) is 30.3 Å². The number of amides is 2. The Labute approximate surface area is 167 Å². The highest BCUT2D eigenvalue weighted by atomic mass is 35.5. The van der Waals surface area contributed by atoms with Crippen molar-refractivity contribution in [2.24, 2.45) is 0 Å². The lowest BCUT2D eigenvalue weighted by Gasteiger charge is -2.10. The van der Waals surface area contributed by atoms with Crippen molar-refractivity contribution in [1.82, 2.24) is 15.6 Å². The van der Waals surface area contributed by atoms with E-state index >= 15 is 0 Å². The van der Waals surface area contributed by atoms with E-state index in [4.69, 9.17) is 22.8 Å². The second-order valence-corrected chi connectivity index (χ2v) is 7.45. The Morgan fingerprint density at radius 3 is 2.57 bits per heavy atom. The van der Waals surface area contributed by atoms with Gasteiger partial charge in [-0.3, -0.25) is 20.4 Å². The van der Waals surface area contributed by atoms with Crippen molar-refractivity contribution in [3.8, 4) is 18.1 Å². The van der Waals surface area contributed by atoms with Crippen molar-refractivity contribution in [3.05, 3.63) is 59.1 Å². The lowest BCUT2D eigenvalue weighted by atomic mass is 10.2. The molecule has 0 spiro atoms. The van der Waals surface area contributed by atoms with Crippen LogP contribution in [0.15, 0.2) is 53.4 Å². The summed E-state index contributed by atoms with van der Waals surface area (Å²) in [6, 6.07) is 11.9. The monoisotopic (exact) mass is 421 g/mol. The molecule has 3 N–H and O–H groups in total. The highest BCUT2D eigenvalue weighted by molar-refractivity contribution is 7.89. The fourth-order valence-electron chi connectivity index (χ4n) is 1.96. The molecule has 0 atom stereocenters. The third-order valence-electron chi connectivity index (χ3n) is 3.28. The molecule has 0 fully saturated rings. The normalized spacial score (nSPS) is 10.6. The summed E-state index contributed by atoms with van der Waals surface area (Å²) in [5.74, 6) is 1.14. The highest BCUT2D eigenvalue weighted by Gasteiger charge is 2.16. The van der Waals surface area contributed by atoms with Gasteiger partial charge in [0.1, 0.15) is 5.75 Å². The van der Waals surface area contributed by atoms with Gasteiger partial charge >= 0.3 is 0 Å². The summed E-state index contributed by atoms with van der Waals surface area (Å²) in [6.45, 7) is -0.561. The van der Waals surface area contributed by atoms with Gasteiger partial charge in [-0.25, -0.2) is 8.42 Å². The second kappa shape index (κ2) is 9.75. The molecule has 0 aliphatic rings.